The molecule has 0 unspecified atom stereocenters. The second-order valence-corrected chi connectivity index (χ2v) is 4.58. The molecule has 0 N–H and O–H groups in total. The minimum absolute atomic E-state index is 1.08. The molecule has 15 heavy (non-hydrogen) atoms. The zero-order valence-electron chi connectivity index (χ0n) is 10.6. The summed E-state index contributed by atoms with van der Waals surface area (Å²) < 4.78 is 0. The molecule has 0 saturated carbocycles. The van der Waals surface area contributed by atoms with Crippen LogP contribution in [-0.4, -0.2) is 30.2 Å². The molecule has 2 nitrogen and oxygen atoms in total. The number of nitrogens with zero attached hydrogens (tertiary/aromatic N) is 2. The van der Waals surface area contributed by atoms with E-state index in [9.17, 15) is 0 Å². The van der Waals surface area contributed by atoms with E-state index in [1.54, 1.807) is 0 Å². The van der Waals surface area contributed by atoms with Crippen LogP contribution in [0.4, 0.5) is 0 Å². The van der Waals surface area contributed by atoms with Gasteiger partial charge in [-0.05, 0) is 19.4 Å². The van der Waals surface area contributed by atoms with E-state index in [-0.39, 0.29) is 0 Å². The lowest BCUT2D eigenvalue weighted by atomic mass is 10.1. The summed E-state index contributed by atoms with van der Waals surface area (Å²) in [6, 6.07) is 0. The maximum atomic E-state index is 2.40. The van der Waals surface area contributed by atoms with Gasteiger partial charge in [0.15, 0.2) is 0 Å². The summed E-state index contributed by atoms with van der Waals surface area (Å²) in [7, 11) is 2.17. The number of hydrogen-bond donors (Lipinski definition) is 0. The molecule has 1 heterocycles. The highest BCUT2D eigenvalue weighted by atomic mass is 15.6. The third kappa shape index (κ3) is 4.25. The highest BCUT2D eigenvalue weighted by molar-refractivity contribution is 5.03. The van der Waals surface area contributed by atoms with Crippen molar-refractivity contribution in [2.45, 2.75) is 52.4 Å². The highest BCUT2D eigenvalue weighted by Crippen LogP contribution is 2.15. The summed E-state index contributed by atoms with van der Waals surface area (Å²) in [6.45, 7) is 6.76. The first-order valence-electron chi connectivity index (χ1n) is 6.41. The first kappa shape index (κ1) is 12.6. The summed E-state index contributed by atoms with van der Waals surface area (Å²) in [4.78, 5) is 0. The smallest absolute Gasteiger partial charge is 0.0378 e. The van der Waals surface area contributed by atoms with Gasteiger partial charge in [-0.25, -0.2) is 5.01 Å². The van der Waals surface area contributed by atoms with E-state index in [0.29, 0.717) is 0 Å². The number of likely N-dealkylation sites (N-methyl/N-ethyl adjacent to an activating group) is 1. The van der Waals surface area contributed by atoms with Crippen molar-refractivity contribution in [2.24, 2.45) is 0 Å². The highest BCUT2D eigenvalue weighted by Gasteiger charge is 2.15. The Morgan fingerprint density at radius 1 is 1.13 bits per heavy atom. The Morgan fingerprint density at radius 2 is 1.80 bits per heavy atom. The number of hydrogen-bond acceptors (Lipinski definition) is 2. The second-order valence-electron chi connectivity index (χ2n) is 4.58. The van der Waals surface area contributed by atoms with E-state index in [1.807, 2.05) is 0 Å². The molecule has 0 spiro atoms. The number of hydrazine groups is 1. The quantitative estimate of drug-likeness (QED) is 0.594. The summed E-state index contributed by atoms with van der Waals surface area (Å²) in [6.07, 6.45) is 10.6. The normalized spacial score (nSPS) is 17.3. The van der Waals surface area contributed by atoms with Crippen LogP contribution in [0.3, 0.4) is 0 Å². The van der Waals surface area contributed by atoms with Gasteiger partial charge in [-0.3, -0.25) is 0 Å². The van der Waals surface area contributed by atoms with Crippen LogP contribution in [0.15, 0.2) is 11.8 Å². The number of allylic oxidation sites excluding steroid dienone is 1. The topological polar surface area (TPSA) is 6.48 Å². The van der Waals surface area contributed by atoms with E-state index >= 15 is 0 Å². The monoisotopic (exact) mass is 210 g/mol. The Kier molecular flexibility index (Phi) is 5.77. The Balaban J connectivity index is 2.02. The van der Waals surface area contributed by atoms with Gasteiger partial charge in [-0.15, -0.1) is 0 Å². The van der Waals surface area contributed by atoms with Gasteiger partial charge in [-0.1, -0.05) is 39.0 Å². The first-order valence-corrected chi connectivity index (χ1v) is 6.41. The van der Waals surface area contributed by atoms with Gasteiger partial charge in [-0.2, -0.15) is 0 Å². The van der Waals surface area contributed by atoms with Gasteiger partial charge in [0.1, 0.15) is 0 Å². The van der Waals surface area contributed by atoms with E-state index in [4.69, 9.17) is 0 Å². The molecule has 0 amide bonds. The summed E-state index contributed by atoms with van der Waals surface area (Å²) in [5.74, 6) is 0. The molecule has 0 bridgehead atoms. The van der Waals surface area contributed by atoms with Gasteiger partial charge in [0, 0.05) is 25.8 Å². The molecule has 0 fully saturated rings. The van der Waals surface area contributed by atoms with Crippen molar-refractivity contribution in [2.75, 3.05) is 20.1 Å². The molecule has 88 valence electrons. The zero-order valence-corrected chi connectivity index (χ0v) is 10.6. The van der Waals surface area contributed by atoms with Crippen LogP contribution < -0.4 is 0 Å². The van der Waals surface area contributed by atoms with Crippen molar-refractivity contribution >= 4 is 0 Å². The molecule has 0 saturated heterocycles. The maximum Gasteiger partial charge on any atom is 0.0378 e. The lowest BCUT2D eigenvalue weighted by molar-refractivity contribution is 0.0684. The van der Waals surface area contributed by atoms with Crippen LogP contribution in [0.2, 0.25) is 0 Å². The molecule has 1 aliphatic heterocycles. The third-order valence-electron chi connectivity index (χ3n) is 3.19. The van der Waals surface area contributed by atoms with Crippen molar-refractivity contribution in [1.82, 2.24) is 10.0 Å². The molecule has 1 aliphatic rings. The van der Waals surface area contributed by atoms with Crippen LogP contribution in [0.1, 0.15) is 52.4 Å². The minimum Gasteiger partial charge on any atom is -0.310 e. The summed E-state index contributed by atoms with van der Waals surface area (Å²) in [5, 5.41) is 4.71. The molecule has 0 radical (unpaired) electrons. The molecular formula is C13H26N2. The standard InChI is InChI=1S/C13H26N2/c1-4-5-6-7-8-9-11-15-13(2)10-12-14(15)3/h10H,4-9,11-12H2,1-3H3. The molecule has 2 heteroatoms. The van der Waals surface area contributed by atoms with Crippen LogP contribution in [0, 0.1) is 0 Å². The van der Waals surface area contributed by atoms with Crippen molar-refractivity contribution in [1.29, 1.82) is 0 Å². The minimum atomic E-state index is 1.08. The molecule has 0 aliphatic carbocycles. The Hall–Kier alpha value is -0.500. The fourth-order valence-corrected chi connectivity index (χ4v) is 2.13. The number of rotatable bonds is 7. The average Bonchev–Trinajstić information content (AvgIpc) is 2.54. The Bertz CT molecular complexity index is 199. The van der Waals surface area contributed by atoms with Gasteiger partial charge in [0.2, 0.25) is 0 Å². The predicted octanol–water partition coefficient (Wildman–Crippen LogP) is 3.41. The van der Waals surface area contributed by atoms with Gasteiger partial charge < -0.3 is 5.01 Å². The van der Waals surface area contributed by atoms with Crippen LogP contribution in [0.5, 0.6) is 0 Å². The maximum absolute atomic E-state index is 2.40. The third-order valence-corrected chi connectivity index (χ3v) is 3.19. The largest absolute Gasteiger partial charge is 0.310 e. The average molecular weight is 210 g/mol. The molecule has 0 aromatic carbocycles. The van der Waals surface area contributed by atoms with Gasteiger partial charge >= 0.3 is 0 Å². The van der Waals surface area contributed by atoms with Crippen LogP contribution in [0.25, 0.3) is 0 Å². The van der Waals surface area contributed by atoms with Crippen LogP contribution >= 0.6 is 0 Å². The van der Waals surface area contributed by atoms with Crippen molar-refractivity contribution in [3.63, 3.8) is 0 Å². The molecule has 0 aromatic heterocycles. The zero-order chi connectivity index (χ0) is 11.1. The molecule has 0 atom stereocenters. The lowest BCUT2D eigenvalue weighted by Crippen LogP contribution is -2.34. The number of unbranched alkanes of at least 4 members (excludes halogenated alkanes) is 5. The summed E-state index contributed by atoms with van der Waals surface area (Å²) >= 11 is 0. The lowest BCUT2D eigenvalue weighted by Gasteiger charge is -2.28. The molecule has 1 rings (SSSR count). The van der Waals surface area contributed by atoms with Gasteiger partial charge in [0.05, 0.1) is 0 Å². The van der Waals surface area contributed by atoms with Crippen molar-refractivity contribution in [3.8, 4) is 0 Å². The van der Waals surface area contributed by atoms with E-state index in [1.165, 1.54) is 50.8 Å². The van der Waals surface area contributed by atoms with Crippen LogP contribution in [-0.2, 0) is 0 Å². The molecule has 0 aromatic rings. The van der Waals surface area contributed by atoms with E-state index in [0.717, 1.165) is 6.54 Å². The Labute approximate surface area is 94.9 Å². The summed E-state index contributed by atoms with van der Waals surface area (Å²) in [5.41, 5.74) is 1.42. The Morgan fingerprint density at radius 3 is 2.40 bits per heavy atom. The van der Waals surface area contributed by atoms with E-state index < -0.39 is 0 Å². The first-order chi connectivity index (χ1) is 7.25. The van der Waals surface area contributed by atoms with Crippen molar-refractivity contribution < 1.29 is 0 Å². The molecular weight excluding hydrogens is 184 g/mol. The second kappa shape index (κ2) is 6.89. The van der Waals surface area contributed by atoms with Gasteiger partial charge in [0.25, 0.3) is 0 Å². The van der Waals surface area contributed by atoms with E-state index in [2.05, 4.69) is 37.0 Å². The fourth-order valence-electron chi connectivity index (χ4n) is 2.13. The SMILES string of the molecule is CCCCCCCCN1C(C)=CCN1C. The van der Waals surface area contributed by atoms with Crippen molar-refractivity contribution in [3.05, 3.63) is 11.8 Å². The fraction of sp³-hybridized carbons (Fsp3) is 0.846. The predicted molar refractivity (Wildman–Crippen MR) is 66.5 cm³/mol.